The zero-order valence-corrected chi connectivity index (χ0v) is 12.7. The molecular formula is C18H28N2. The van der Waals surface area contributed by atoms with E-state index >= 15 is 0 Å². The van der Waals surface area contributed by atoms with Crippen molar-refractivity contribution in [2.24, 2.45) is 5.92 Å². The van der Waals surface area contributed by atoms with Crippen molar-refractivity contribution in [1.29, 1.82) is 0 Å². The van der Waals surface area contributed by atoms with E-state index in [1.54, 1.807) is 0 Å². The summed E-state index contributed by atoms with van der Waals surface area (Å²) in [5.41, 5.74) is 1.46. The maximum absolute atomic E-state index is 3.78. The molecule has 0 amide bonds. The summed E-state index contributed by atoms with van der Waals surface area (Å²) in [6.07, 6.45) is 6.74. The van der Waals surface area contributed by atoms with E-state index < -0.39 is 0 Å². The second-order valence-corrected chi connectivity index (χ2v) is 6.63. The first-order valence-electron chi connectivity index (χ1n) is 8.36. The normalized spacial score (nSPS) is 27.6. The summed E-state index contributed by atoms with van der Waals surface area (Å²) in [6, 6.07) is 12.3. The van der Waals surface area contributed by atoms with Gasteiger partial charge in [-0.15, -0.1) is 0 Å². The molecule has 1 heterocycles. The molecule has 1 aliphatic carbocycles. The molecule has 2 nitrogen and oxygen atoms in total. The second kappa shape index (κ2) is 6.73. The van der Waals surface area contributed by atoms with E-state index in [2.05, 4.69) is 47.5 Å². The molecule has 0 radical (unpaired) electrons. The van der Waals surface area contributed by atoms with Crippen molar-refractivity contribution < 1.29 is 0 Å². The Balaban J connectivity index is 1.57. The summed E-state index contributed by atoms with van der Waals surface area (Å²) >= 11 is 0. The van der Waals surface area contributed by atoms with E-state index in [-0.39, 0.29) is 0 Å². The zero-order chi connectivity index (χ0) is 13.8. The highest BCUT2D eigenvalue weighted by Gasteiger charge is 2.32. The molecule has 2 unspecified atom stereocenters. The van der Waals surface area contributed by atoms with Crippen LogP contribution in [0.4, 0.5) is 0 Å². The van der Waals surface area contributed by atoms with Crippen molar-refractivity contribution in [3.8, 4) is 0 Å². The molecule has 2 atom stereocenters. The molecule has 1 aromatic rings. The predicted octanol–water partition coefficient (Wildman–Crippen LogP) is 3.08. The van der Waals surface area contributed by atoms with E-state index in [0.29, 0.717) is 6.04 Å². The highest BCUT2D eigenvalue weighted by molar-refractivity contribution is 5.16. The highest BCUT2D eigenvalue weighted by atomic mass is 15.2. The molecule has 1 N–H and O–H groups in total. The van der Waals surface area contributed by atoms with Crippen LogP contribution in [-0.4, -0.2) is 36.6 Å². The molecule has 3 rings (SSSR count). The first-order valence-corrected chi connectivity index (χ1v) is 8.36. The largest absolute Gasteiger partial charge is 0.311 e. The van der Waals surface area contributed by atoms with Crippen LogP contribution in [0.3, 0.4) is 0 Å². The van der Waals surface area contributed by atoms with Crippen LogP contribution in [0.15, 0.2) is 30.3 Å². The lowest BCUT2D eigenvalue weighted by Crippen LogP contribution is -2.57. The van der Waals surface area contributed by atoms with Crippen molar-refractivity contribution in [2.75, 3.05) is 19.6 Å². The Kier molecular flexibility index (Phi) is 4.74. The van der Waals surface area contributed by atoms with Gasteiger partial charge in [0, 0.05) is 31.7 Å². The van der Waals surface area contributed by atoms with E-state index in [0.717, 1.165) is 12.0 Å². The number of benzene rings is 1. The number of nitrogens with zero attached hydrogens (tertiary/aromatic N) is 1. The van der Waals surface area contributed by atoms with Crippen LogP contribution in [0.5, 0.6) is 0 Å². The van der Waals surface area contributed by atoms with E-state index in [1.807, 2.05) is 0 Å². The molecule has 1 saturated heterocycles. The molecule has 0 spiro atoms. The Bertz CT molecular complexity index is 399. The maximum atomic E-state index is 3.78. The third-order valence-electron chi connectivity index (χ3n) is 4.75. The average Bonchev–Trinajstić information content (AvgIpc) is 3.27. The predicted molar refractivity (Wildman–Crippen MR) is 84.9 cm³/mol. The van der Waals surface area contributed by atoms with Crippen molar-refractivity contribution >= 4 is 0 Å². The summed E-state index contributed by atoms with van der Waals surface area (Å²) in [5.74, 6) is 1.00. The van der Waals surface area contributed by atoms with Crippen LogP contribution in [0.25, 0.3) is 0 Å². The molecular weight excluding hydrogens is 244 g/mol. The minimum Gasteiger partial charge on any atom is -0.311 e. The lowest BCUT2D eigenvalue weighted by atomic mass is 9.99. The third-order valence-corrected chi connectivity index (χ3v) is 4.75. The number of rotatable bonds is 6. The average molecular weight is 272 g/mol. The molecule has 2 aliphatic rings. The van der Waals surface area contributed by atoms with Gasteiger partial charge >= 0.3 is 0 Å². The van der Waals surface area contributed by atoms with Gasteiger partial charge < -0.3 is 5.32 Å². The van der Waals surface area contributed by atoms with E-state index in [1.165, 1.54) is 57.3 Å². The number of piperazine rings is 1. The molecule has 20 heavy (non-hydrogen) atoms. The van der Waals surface area contributed by atoms with Crippen molar-refractivity contribution in [3.05, 3.63) is 35.9 Å². The van der Waals surface area contributed by atoms with Gasteiger partial charge in [-0.25, -0.2) is 0 Å². The smallest absolute Gasteiger partial charge is 0.0236 e. The summed E-state index contributed by atoms with van der Waals surface area (Å²) < 4.78 is 0. The number of nitrogens with one attached hydrogen (secondary N) is 1. The van der Waals surface area contributed by atoms with Crippen LogP contribution in [0.1, 0.15) is 38.2 Å². The first-order chi connectivity index (χ1) is 9.85. The third kappa shape index (κ3) is 3.83. The SMILES string of the molecule is CCCC1CNC(Cc2ccccc2)CN1CC1CC1. The topological polar surface area (TPSA) is 15.3 Å². The fourth-order valence-electron chi connectivity index (χ4n) is 3.44. The van der Waals surface area contributed by atoms with Crippen LogP contribution in [0, 0.1) is 5.92 Å². The van der Waals surface area contributed by atoms with Gasteiger partial charge in [-0.05, 0) is 37.2 Å². The lowest BCUT2D eigenvalue weighted by molar-refractivity contribution is 0.117. The molecule has 110 valence electrons. The molecule has 0 bridgehead atoms. The maximum Gasteiger partial charge on any atom is 0.0236 e. The Morgan fingerprint density at radius 1 is 1.20 bits per heavy atom. The lowest BCUT2D eigenvalue weighted by Gasteiger charge is -2.41. The Morgan fingerprint density at radius 3 is 2.70 bits per heavy atom. The van der Waals surface area contributed by atoms with E-state index in [9.17, 15) is 0 Å². The molecule has 1 aromatic carbocycles. The Labute approximate surface area is 123 Å². The summed E-state index contributed by atoms with van der Waals surface area (Å²) in [7, 11) is 0. The Morgan fingerprint density at radius 2 is 2.00 bits per heavy atom. The van der Waals surface area contributed by atoms with Gasteiger partial charge in [0.15, 0.2) is 0 Å². The molecule has 1 aliphatic heterocycles. The van der Waals surface area contributed by atoms with Crippen molar-refractivity contribution in [3.63, 3.8) is 0 Å². The van der Waals surface area contributed by atoms with Crippen molar-refractivity contribution in [2.45, 2.75) is 51.1 Å². The van der Waals surface area contributed by atoms with Gasteiger partial charge in [-0.1, -0.05) is 43.7 Å². The summed E-state index contributed by atoms with van der Waals surface area (Å²) in [6.45, 7) is 6.07. The minimum atomic E-state index is 0.629. The van der Waals surface area contributed by atoms with Crippen molar-refractivity contribution in [1.82, 2.24) is 10.2 Å². The quantitative estimate of drug-likeness (QED) is 0.856. The van der Waals surface area contributed by atoms with E-state index in [4.69, 9.17) is 0 Å². The van der Waals surface area contributed by atoms with Gasteiger partial charge in [-0.2, -0.15) is 0 Å². The molecule has 2 heteroatoms. The highest BCUT2D eigenvalue weighted by Crippen LogP contribution is 2.31. The van der Waals surface area contributed by atoms with Gasteiger partial charge in [0.1, 0.15) is 0 Å². The number of hydrogen-bond donors (Lipinski definition) is 1. The van der Waals surface area contributed by atoms with Gasteiger partial charge in [-0.3, -0.25) is 4.90 Å². The first kappa shape index (κ1) is 14.1. The van der Waals surface area contributed by atoms with Crippen LogP contribution in [-0.2, 0) is 6.42 Å². The molecule has 1 saturated carbocycles. The number of hydrogen-bond acceptors (Lipinski definition) is 2. The standard InChI is InChI=1S/C18H28N2/c1-2-6-18-12-19-17(11-15-7-4-3-5-8-15)14-20(18)13-16-9-10-16/h3-5,7-8,16-19H,2,6,9-14H2,1H3. The summed E-state index contributed by atoms with van der Waals surface area (Å²) in [4.78, 5) is 2.78. The minimum absolute atomic E-state index is 0.629. The van der Waals surface area contributed by atoms with Gasteiger partial charge in [0.05, 0.1) is 0 Å². The van der Waals surface area contributed by atoms with Gasteiger partial charge in [0.2, 0.25) is 0 Å². The fraction of sp³-hybridized carbons (Fsp3) is 0.667. The van der Waals surface area contributed by atoms with Gasteiger partial charge in [0.25, 0.3) is 0 Å². The second-order valence-electron chi connectivity index (χ2n) is 6.63. The molecule has 2 fully saturated rings. The molecule has 0 aromatic heterocycles. The summed E-state index contributed by atoms with van der Waals surface area (Å²) in [5, 5.41) is 3.78. The zero-order valence-electron chi connectivity index (χ0n) is 12.7. The monoisotopic (exact) mass is 272 g/mol. The fourth-order valence-corrected chi connectivity index (χ4v) is 3.44. The Hall–Kier alpha value is -0.860. The van der Waals surface area contributed by atoms with Crippen LogP contribution in [0.2, 0.25) is 0 Å². The van der Waals surface area contributed by atoms with Crippen LogP contribution < -0.4 is 5.32 Å². The van der Waals surface area contributed by atoms with Crippen LogP contribution >= 0.6 is 0 Å².